The van der Waals surface area contributed by atoms with Crippen molar-refractivity contribution in [2.75, 3.05) is 11.9 Å². The first-order valence-corrected chi connectivity index (χ1v) is 8.93. The van der Waals surface area contributed by atoms with Crippen LogP contribution in [0.1, 0.15) is 17.5 Å². The first-order valence-electron chi connectivity index (χ1n) is 8.93. The number of carbonyl (C=O) groups excluding carboxylic acids is 1. The Morgan fingerprint density at radius 1 is 1.19 bits per heavy atom. The molecule has 0 aliphatic heterocycles. The van der Waals surface area contributed by atoms with Gasteiger partial charge in [-0.2, -0.15) is 0 Å². The highest BCUT2D eigenvalue weighted by molar-refractivity contribution is 5.89. The van der Waals surface area contributed by atoms with E-state index in [-0.39, 0.29) is 18.4 Å². The Balaban J connectivity index is 1.68. The maximum absolute atomic E-state index is 14.1. The Morgan fingerprint density at radius 2 is 1.96 bits per heavy atom. The number of imidazole rings is 1. The van der Waals surface area contributed by atoms with E-state index in [0.29, 0.717) is 12.1 Å². The zero-order chi connectivity index (χ0) is 19.1. The summed E-state index contributed by atoms with van der Waals surface area (Å²) in [6, 6.07) is 13.9. The van der Waals surface area contributed by atoms with E-state index in [9.17, 15) is 9.18 Å². The fourth-order valence-electron chi connectivity index (χ4n) is 2.79. The number of amides is 2. The number of nitrogens with one attached hydrogen (secondary N) is 1. The highest BCUT2D eigenvalue weighted by Gasteiger charge is 2.16. The van der Waals surface area contributed by atoms with E-state index in [1.54, 1.807) is 35.6 Å². The number of urea groups is 1. The van der Waals surface area contributed by atoms with Crippen molar-refractivity contribution in [1.82, 2.24) is 14.5 Å². The third-order valence-corrected chi connectivity index (χ3v) is 4.31. The second-order valence-electron chi connectivity index (χ2n) is 6.46. The third-order valence-electron chi connectivity index (χ3n) is 4.31. The van der Waals surface area contributed by atoms with Crippen LogP contribution >= 0.6 is 0 Å². The highest BCUT2D eigenvalue weighted by Crippen LogP contribution is 2.14. The van der Waals surface area contributed by atoms with Gasteiger partial charge in [0.25, 0.3) is 0 Å². The van der Waals surface area contributed by atoms with Gasteiger partial charge < -0.3 is 14.8 Å². The van der Waals surface area contributed by atoms with Gasteiger partial charge in [0.2, 0.25) is 0 Å². The molecular formula is C21H23FN4O. The Kier molecular flexibility index (Phi) is 6.20. The molecule has 3 aromatic rings. The van der Waals surface area contributed by atoms with Crippen molar-refractivity contribution in [3.8, 4) is 0 Å². The van der Waals surface area contributed by atoms with Crippen LogP contribution in [0.4, 0.5) is 14.9 Å². The molecule has 0 aliphatic carbocycles. The van der Waals surface area contributed by atoms with E-state index >= 15 is 0 Å². The number of hydrogen-bond donors (Lipinski definition) is 1. The molecule has 0 fully saturated rings. The van der Waals surface area contributed by atoms with Crippen molar-refractivity contribution in [1.29, 1.82) is 0 Å². The molecule has 0 radical (unpaired) electrons. The summed E-state index contributed by atoms with van der Waals surface area (Å²) in [5, 5.41) is 2.90. The van der Waals surface area contributed by atoms with Gasteiger partial charge in [0.1, 0.15) is 5.82 Å². The molecule has 6 heteroatoms. The predicted octanol–water partition coefficient (Wildman–Crippen LogP) is 4.46. The Morgan fingerprint density at radius 3 is 2.67 bits per heavy atom. The number of hydrogen-bond acceptors (Lipinski definition) is 2. The Bertz CT molecular complexity index is 862. The molecule has 0 unspecified atom stereocenters. The van der Waals surface area contributed by atoms with E-state index < -0.39 is 0 Å². The molecule has 2 aromatic carbocycles. The first-order chi connectivity index (χ1) is 13.1. The van der Waals surface area contributed by atoms with Crippen molar-refractivity contribution in [2.45, 2.75) is 26.4 Å². The summed E-state index contributed by atoms with van der Waals surface area (Å²) in [5.41, 5.74) is 2.34. The van der Waals surface area contributed by atoms with E-state index in [1.165, 1.54) is 6.07 Å². The molecule has 0 saturated carbocycles. The van der Waals surface area contributed by atoms with Crippen LogP contribution in [0.3, 0.4) is 0 Å². The van der Waals surface area contributed by atoms with Crippen molar-refractivity contribution in [3.05, 3.63) is 84.2 Å². The van der Waals surface area contributed by atoms with Crippen LogP contribution in [0.5, 0.6) is 0 Å². The second kappa shape index (κ2) is 8.98. The van der Waals surface area contributed by atoms with Gasteiger partial charge in [-0.1, -0.05) is 35.9 Å². The number of aromatic nitrogens is 2. The molecule has 2 amide bonds. The van der Waals surface area contributed by atoms with Crippen LogP contribution in [0.15, 0.2) is 67.3 Å². The van der Waals surface area contributed by atoms with Crippen LogP contribution in [0.25, 0.3) is 0 Å². The highest BCUT2D eigenvalue weighted by atomic mass is 19.1. The van der Waals surface area contributed by atoms with Crippen molar-refractivity contribution in [2.24, 2.45) is 0 Å². The minimum absolute atomic E-state index is 0.217. The van der Waals surface area contributed by atoms with Crippen LogP contribution in [0.2, 0.25) is 0 Å². The number of benzene rings is 2. The molecule has 5 nitrogen and oxygen atoms in total. The average Bonchev–Trinajstić information content (AvgIpc) is 3.18. The molecule has 140 valence electrons. The molecule has 27 heavy (non-hydrogen) atoms. The smallest absolute Gasteiger partial charge is 0.322 e. The maximum atomic E-state index is 14.1. The SMILES string of the molecule is Cc1ccc(NC(=O)N(CCCn2ccnc2)Cc2ccccc2F)cc1. The summed E-state index contributed by atoms with van der Waals surface area (Å²) in [4.78, 5) is 18.4. The Hall–Kier alpha value is -3.15. The summed E-state index contributed by atoms with van der Waals surface area (Å²) in [6.45, 7) is 3.45. The number of halogens is 1. The summed E-state index contributed by atoms with van der Waals surface area (Å²) in [5.74, 6) is -0.305. The molecule has 0 bridgehead atoms. The summed E-state index contributed by atoms with van der Waals surface area (Å²) in [6.07, 6.45) is 6.09. The normalized spacial score (nSPS) is 10.6. The van der Waals surface area contributed by atoms with Gasteiger partial charge in [-0.3, -0.25) is 0 Å². The monoisotopic (exact) mass is 366 g/mol. The molecule has 0 aliphatic rings. The van der Waals surface area contributed by atoms with Gasteiger partial charge in [0.05, 0.1) is 12.9 Å². The van der Waals surface area contributed by atoms with E-state index in [4.69, 9.17) is 0 Å². The van der Waals surface area contributed by atoms with Gasteiger partial charge in [-0.15, -0.1) is 0 Å². The van der Waals surface area contributed by atoms with Gasteiger partial charge in [-0.05, 0) is 31.5 Å². The molecule has 0 spiro atoms. The van der Waals surface area contributed by atoms with Crippen molar-refractivity contribution < 1.29 is 9.18 Å². The molecule has 0 saturated heterocycles. The lowest BCUT2D eigenvalue weighted by Gasteiger charge is -2.23. The second-order valence-corrected chi connectivity index (χ2v) is 6.46. The lowest BCUT2D eigenvalue weighted by molar-refractivity contribution is 0.206. The maximum Gasteiger partial charge on any atom is 0.322 e. The number of rotatable bonds is 7. The van der Waals surface area contributed by atoms with Gasteiger partial charge in [-0.25, -0.2) is 14.2 Å². The van der Waals surface area contributed by atoms with Gasteiger partial charge in [0.15, 0.2) is 0 Å². The quantitative estimate of drug-likeness (QED) is 0.671. The lowest BCUT2D eigenvalue weighted by atomic mass is 10.2. The lowest BCUT2D eigenvalue weighted by Crippen LogP contribution is -2.36. The van der Waals surface area contributed by atoms with E-state index in [0.717, 1.165) is 24.2 Å². The number of aryl methyl sites for hydroxylation is 2. The standard InChI is InChI=1S/C21H23FN4O/c1-17-7-9-19(10-8-17)24-21(27)26(13-4-12-25-14-11-23-16-25)15-18-5-2-3-6-20(18)22/h2-3,5-11,14,16H,4,12-13,15H2,1H3,(H,24,27). The largest absolute Gasteiger partial charge is 0.337 e. The number of nitrogens with zero attached hydrogens (tertiary/aromatic N) is 3. The zero-order valence-electron chi connectivity index (χ0n) is 15.3. The molecule has 0 atom stereocenters. The van der Waals surface area contributed by atoms with Crippen molar-refractivity contribution in [3.63, 3.8) is 0 Å². The number of anilines is 1. The summed E-state index contributed by atoms with van der Waals surface area (Å²) in [7, 11) is 0. The van der Waals surface area contributed by atoms with Crippen LogP contribution in [-0.4, -0.2) is 27.0 Å². The number of carbonyl (C=O) groups is 1. The fourth-order valence-corrected chi connectivity index (χ4v) is 2.79. The van der Waals surface area contributed by atoms with Gasteiger partial charge >= 0.3 is 6.03 Å². The molecule has 1 heterocycles. The molecule has 3 rings (SSSR count). The minimum Gasteiger partial charge on any atom is -0.337 e. The molecular weight excluding hydrogens is 343 g/mol. The van der Waals surface area contributed by atoms with E-state index in [1.807, 2.05) is 42.0 Å². The minimum atomic E-state index is -0.305. The van der Waals surface area contributed by atoms with E-state index in [2.05, 4.69) is 10.3 Å². The summed E-state index contributed by atoms with van der Waals surface area (Å²) >= 11 is 0. The molecule has 1 aromatic heterocycles. The summed E-state index contributed by atoms with van der Waals surface area (Å²) < 4.78 is 16.0. The topological polar surface area (TPSA) is 50.2 Å². The third kappa shape index (κ3) is 5.41. The fraction of sp³-hybridized carbons (Fsp3) is 0.238. The van der Waals surface area contributed by atoms with Crippen molar-refractivity contribution >= 4 is 11.7 Å². The predicted molar refractivity (Wildman–Crippen MR) is 104 cm³/mol. The Labute approximate surface area is 158 Å². The van der Waals surface area contributed by atoms with Crippen LogP contribution < -0.4 is 5.32 Å². The zero-order valence-corrected chi connectivity index (χ0v) is 15.3. The average molecular weight is 366 g/mol. The molecule has 1 N–H and O–H groups in total. The van der Waals surface area contributed by atoms with Crippen LogP contribution in [0, 0.1) is 12.7 Å². The van der Waals surface area contributed by atoms with Crippen LogP contribution in [-0.2, 0) is 13.1 Å². The van der Waals surface area contributed by atoms with Gasteiger partial charge in [0, 0.05) is 36.7 Å². The first kappa shape index (κ1) is 18.6.